The third-order valence-electron chi connectivity index (χ3n) is 3.65. The molecule has 1 aliphatic heterocycles. The highest BCUT2D eigenvalue weighted by molar-refractivity contribution is 7.99. The lowest BCUT2D eigenvalue weighted by molar-refractivity contribution is -0.120. The van der Waals surface area contributed by atoms with Crippen molar-refractivity contribution in [2.75, 3.05) is 18.8 Å². The number of amides is 1. The van der Waals surface area contributed by atoms with Gasteiger partial charge in [-0.05, 0) is 6.07 Å². The Morgan fingerprint density at radius 2 is 2.38 bits per heavy atom. The SMILES string of the molecule is Cl.Cn1cnnc1SCCNC(=O)CCc1cc2n(n1)CCNC2. The summed E-state index contributed by atoms with van der Waals surface area (Å²) in [5.74, 6) is 0.843. The lowest BCUT2D eigenvalue weighted by Crippen LogP contribution is -2.28. The van der Waals surface area contributed by atoms with E-state index in [0.29, 0.717) is 19.4 Å². The van der Waals surface area contributed by atoms with E-state index in [9.17, 15) is 4.79 Å². The molecule has 8 nitrogen and oxygen atoms in total. The van der Waals surface area contributed by atoms with Crippen LogP contribution in [0.25, 0.3) is 0 Å². The molecule has 0 aromatic carbocycles. The highest BCUT2D eigenvalue weighted by Crippen LogP contribution is 2.12. The summed E-state index contributed by atoms with van der Waals surface area (Å²) in [6.07, 6.45) is 2.82. The zero-order valence-corrected chi connectivity index (χ0v) is 15.2. The number of nitrogens with zero attached hydrogens (tertiary/aromatic N) is 5. The van der Waals surface area contributed by atoms with Crippen LogP contribution in [0.3, 0.4) is 0 Å². The summed E-state index contributed by atoms with van der Waals surface area (Å²) in [6, 6.07) is 2.09. The smallest absolute Gasteiger partial charge is 0.220 e. The fraction of sp³-hybridized carbons (Fsp3) is 0.571. The molecule has 0 saturated carbocycles. The van der Waals surface area contributed by atoms with Gasteiger partial charge in [0.15, 0.2) is 5.16 Å². The van der Waals surface area contributed by atoms with Crippen LogP contribution in [0, 0.1) is 0 Å². The topological polar surface area (TPSA) is 89.7 Å². The number of nitrogens with one attached hydrogen (secondary N) is 2. The second-order valence-corrected chi connectivity index (χ2v) is 6.51. The Morgan fingerprint density at radius 1 is 1.50 bits per heavy atom. The first-order valence-electron chi connectivity index (χ1n) is 7.72. The summed E-state index contributed by atoms with van der Waals surface area (Å²) < 4.78 is 3.89. The molecule has 3 heterocycles. The molecule has 132 valence electrons. The third kappa shape index (κ3) is 4.96. The van der Waals surface area contributed by atoms with Crippen molar-refractivity contribution in [3.8, 4) is 0 Å². The molecule has 0 fully saturated rings. The monoisotopic (exact) mass is 371 g/mol. The molecule has 0 atom stereocenters. The number of thioether (sulfide) groups is 1. The van der Waals surface area contributed by atoms with Crippen LogP contribution >= 0.6 is 24.2 Å². The first-order chi connectivity index (χ1) is 11.2. The molecule has 24 heavy (non-hydrogen) atoms. The summed E-state index contributed by atoms with van der Waals surface area (Å²) in [4.78, 5) is 11.9. The van der Waals surface area contributed by atoms with E-state index in [1.807, 2.05) is 16.3 Å². The van der Waals surface area contributed by atoms with Gasteiger partial charge in [0.2, 0.25) is 5.91 Å². The van der Waals surface area contributed by atoms with Crippen molar-refractivity contribution in [1.82, 2.24) is 35.2 Å². The van der Waals surface area contributed by atoms with Gasteiger partial charge in [0, 0.05) is 45.3 Å². The first-order valence-corrected chi connectivity index (χ1v) is 8.71. The van der Waals surface area contributed by atoms with Gasteiger partial charge in [-0.25, -0.2) is 0 Å². The molecule has 0 saturated heterocycles. The average molecular weight is 372 g/mol. The van der Waals surface area contributed by atoms with Gasteiger partial charge < -0.3 is 15.2 Å². The molecule has 2 N–H and O–H groups in total. The van der Waals surface area contributed by atoms with Gasteiger partial charge in [-0.3, -0.25) is 9.48 Å². The van der Waals surface area contributed by atoms with E-state index in [4.69, 9.17) is 0 Å². The van der Waals surface area contributed by atoms with Crippen LogP contribution in [0.5, 0.6) is 0 Å². The fourth-order valence-electron chi connectivity index (χ4n) is 2.44. The summed E-state index contributed by atoms with van der Waals surface area (Å²) in [7, 11) is 1.90. The summed E-state index contributed by atoms with van der Waals surface area (Å²) in [6.45, 7) is 3.34. The third-order valence-corrected chi connectivity index (χ3v) is 4.69. The van der Waals surface area contributed by atoms with Crippen molar-refractivity contribution < 1.29 is 4.79 Å². The average Bonchev–Trinajstić information content (AvgIpc) is 3.15. The number of aromatic nitrogens is 5. The molecule has 2 aromatic rings. The highest BCUT2D eigenvalue weighted by Gasteiger charge is 2.12. The molecule has 0 unspecified atom stereocenters. The van der Waals surface area contributed by atoms with E-state index >= 15 is 0 Å². The number of carbonyl (C=O) groups is 1. The molecule has 2 aromatic heterocycles. The molecular weight excluding hydrogens is 350 g/mol. The Morgan fingerprint density at radius 3 is 3.12 bits per heavy atom. The summed E-state index contributed by atoms with van der Waals surface area (Å²) >= 11 is 1.58. The predicted molar refractivity (Wildman–Crippen MR) is 94.2 cm³/mol. The van der Waals surface area contributed by atoms with Crippen molar-refractivity contribution in [3.63, 3.8) is 0 Å². The van der Waals surface area contributed by atoms with Gasteiger partial charge in [-0.15, -0.1) is 22.6 Å². The van der Waals surface area contributed by atoms with Crippen molar-refractivity contribution >= 4 is 30.1 Å². The van der Waals surface area contributed by atoms with Crippen molar-refractivity contribution in [1.29, 1.82) is 0 Å². The highest BCUT2D eigenvalue weighted by atomic mass is 35.5. The van der Waals surface area contributed by atoms with Crippen molar-refractivity contribution in [2.24, 2.45) is 7.05 Å². The van der Waals surface area contributed by atoms with E-state index in [1.54, 1.807) is 18.1 Å². The standard InChI is InChI=1S/C14H21N7OS.ClH/c1-20-10-17-18-14(20)23-7-5-16-13(22)3-2-11-8-12-9-15-4-6-21(12)19-11;/h8,10,15H,2-7,9H2,1H3,(H,16,22);1H. The number of hydrogen-bond donors (Lipinski definition) is 2. The van der Waals surface area contributed by atoms with Crippen LogP contribution in [0.2, 0.25) is 0 Å². The molecule has 1 aliphatic rings. The second-order valence-electron chi connectivity index (χ2n) is 5.45. The number of hydrogen-bond acceptors (Lipinski definition) is 6. The minimum atomic E-state index is 0. The van der Waals surface area contributed by atoms with Crippen LogP contribution in [-0.4, -0.2) is 49.3 Å². The maximum absolute atomic E-state index is 11.9. The van der Waals surface area contributed by atoms with Crippen LogP contribution in [0.15, 0.2) is 17.6 Å². The van der Waals surface area contributed by atoms with Gasteiger partial charge in [0.1, 0.15) is 6.33 Å². The van der Waals surface area contributed by atoms with Crippen LogP contribution < -0.4 is 10.6 Å². The molecule has 10 heteroatoms. The molecule has 0 radical (unpaired) electrons. The number of halogens is 1. The quantitative estimate of drug-likeness (QED) is 0.540. The van der Waals surface area contributed by atoms with Gasteiger partial charge in [0.05, 0.1) is 17.9 Å². The number of aryl methyl sites for hydroxylation is 2. The Labute approximate surface area is 151 Å². The van der Waals surface area contributed by atoms with Gasteiger partial charge >= 0.3 is 0 Å². The Balaban J connectivity index is 0.00000208. The minimum Gasteiger partial charge on any atom is -0.355 e. The van der Waals surface area contributed by atoms with E-state index in [-0.39, 0.29) is 18.3 Å². The van der Waals surface area contributed by atoms with Crippen molar-refractivity contribution in [2.45, 2.75) is 31.1 Å². The molecule has 0 aliphatic carbocycles. The van der Waals surface area contributed by atoms with E-state index in [1.165, 1.54) is 5.69 Å². The predicted octanol–water partition coefficient (Wildman–Crippen LogP) is 0.378. The van der Waals surface area contributed by atoms with Crippen LogP contribution in [-0.2, 0) is 31.4 Å². The van der Waals surface area contributed by atoms with Crippen molar-refractivity contribution in [3.05, 3.63) is 23.8 Å². The fourth-order valence-corrected chi connectivity index (χ4v) is 3.18. The van der Waals surface area contributed by atoms with Crippen LogP contribution in [0.4, 0.5) is 0 Å². The minimum absolute atomic E-state index is 0. The lowest BCUT2D eigenvalue weighted by atomic mass is 10.2. The Kier molecular flexibility index (Phi) is 7.07. The number of carbonyl (C=O) groups excluding carboxylic acids is 1. The lowest BCUT2D eigenvalue weighted by Gasteiger charge is -2.13. The normalized spacial score (nSPS) is 13.2. The molecule has 3 rings (SSSR count). The van der Waals surface area contributed by atoms with Gasteiger partial charge in [0.25, 0.3) is 0 Å². The van der Waals surface area contributed by atoms with Gasteiger partial charge in [-0.1, -0.05) is 11.8 Å². The first kappa shape index (κ1) is 18.8. The largest absolute Gasteiger partial charge is 0.355 e. The zero-order valence-electron chi connectivity index (χ0n) is 13.6. The molecule has 1 amide bonds. The zero-order chi connectivity index (χ0) is 16.1. The summed E-state index contributed by atoms with van der Waals surface area (Å²) in [5, 5.41) is 19.4. The Bertz CT molecular complexity index is 648. The second kappa shape index (κ2) is 9.05. The van der Waals surface area contributed by atoms with E-state index < -0.39 is 0 Å². The van der Waals surface area contributed by atoms with E-state index in [0.717, 1.165) is 36.2 Å². The molecular formula is C14H22ClN7OS. The number of fused-ring (bicyclic) bond motifs is 1. The van der Waals surface area contributed by atoms with Gasteiger partial charge in [-0.2, -0.15) is 5.10 Å². The van der Waals surface area contributed by atoms with E-state index in [2.05, 4.69) is 32.0 Å². The molecule has 0 spiro atoms. The Hall–Kier alpha value is -1.58. The number of rotatable bonds is 7. The maximum Gasteiger partial charge on any atom is 0.220 e. The van der Waals surface area contributed by atoms with Crippen LogP contribution in [0.1, 0.15) is 17.8 Å². The summed E-state index contributed by atoms with van der Waals surface area (Å²) in [5.41, 5.74) is 2.19. The molecule has 0 bridgehead atoms. The maximum atomic E-state index is 11.9.